The van der Waals surface area contributed by atoms with E-state index in [-0.39, 0.29) is 18.6 Å². The van der Waals surface area contributed by atoms with Crippen LogP contribution in [0.5, 0.6) is 5.75 Å². The number of nitrogens with one attached hydrogen (secondary N) is 1. The van der Waals surface area contributed by atoms with Crippen molar-refractivity contribution in [2.45, 2.75) is 26.8 Å². The first-order valence-corrected chi connectivity index (χ1v) is 5.96. The van der Waals surface area contributed by atoms with E-state index >= 15 is 0 Å². The van der Waals surface area contributed by atoms with Crippen LogP contribution in [0.4, 0.5) is 0 Å². The van der Waals surface area contributed by atoms with Crippen LogP contribution >= 0.6 is 15.9 Å². The van der Waals surface area contributed by atoms with Crippen LogP contribution in [-0.4, -0.2) is 18.6 Å². The van der Waals surface area contributed by atoms with Crippen molar-refractivity contribution in [1.29, 1.82) is 0 Å². The van der Waals surface area contributed by atoms with Crippen molar-refractivity contribution in [1.82, 2.24) is 5.32 Å². The molecule has 0 radical (unpaired) electrons. The second-order valence-corrected chi connectivity index (χ2v) is 4.78. The Morgan fingerprint density at radius 1 is 1.50 bits per heavy atom. The summed E-state index contributed by atoms with van der Waals surface area (Å²) in [4.78, 5) is 11.3. The van der Waals surface area contributed by atoms with Gasteiger partial charge in [-0.3, -0.25) is 4.79 Å². The molecule has 0 aliphatic heterocycles. The van der Waals surface area contributed by atoms with Gasteiger partial charge in [-0.15, -0.1) is 0 Å². The zero-order chi connectivity index (χ0) is 12.1. The van der Waals surface area contributed by atoms with E-state index in [2.05, 4.69) is 21.2 Å². The molecule has 0 spiro atoms. The van der Waals surface area contributed by atoms with Crippen LogP contribution in [0.3, 0.4) is 0 Å². The van der Waals surface area contributed by atoms with Crippen molar-refractivity contribution in [3.8, 4) is 5.75 Å². The number of carbonyl (C=O) groups excluding carboxylic acids is 1. The van der Waals surface area contributed by atoms with E-state index in [1.165, 1.54) is 0 Å². The Bertz CT molecular complexity index is 377. The van der Waals surface area contributed by atoms with E-state index < -0.39 is 0 Å². The minimum absolute atomic E-state index is 0.0548. The lowest BCUT2D eigenvalue weighted by Gasteiger charge is -2.10. The van der Waals surface area contributed by atoms with Gasteiger partial charge in [0.15, 0.2) is 6.61 Å². The van der Waals surface area contributed by atoms with Crippen molar-refractivity contribution in [3.63, 3.8) is 0 Å². The second kappa shape index (κ2) is 5.89. The maximum absolute atomic E-state index is 11.3. The number of aryl methyl sites for hydroxylation is 1. The highest BCUT2D eigenvalue weighted by molar-refractivity contribution is 9.10. The maximum atomic E-state index is 11.3. The molecule has 1 N–H and O–H groups in total. The number of hydrogen-bond acceptors (Lipinski definition) is 2. The maximum Gasteiger partial charge on any atom is 0.258 e. The highest BCUT2D eigenvalue weighted by Gasteiger charge is 2.04. The summed E-state index contributed by atoms with van der Waals surface area (Å²) in [7, 11) is 0. The van der Waals surface area contributed by atoms with Gasteiger partial charge in [-0.2, -0.15) is 0 Å². The molecule has 0 unspecified atom stereocenters. The van der Waals surface area contributed by atoms with Crippen LogP contribution in [0.1, 0.15) is 19.4 Å². The summed E-state index contributed by atoms with van der Waals surface area (Å²) in [6, 6.07) is 5.78. The van der Waals surface area contributed by atoms with Gasteiger partial charge in [0.2, 0.25) is 0 Å². The number of amides is 1. The van der Waals surface area contributed by atoms with Gasteiger partial charge in [0.25, 0.3) is 5.91 Å². The molecule has 1 aromatic rings. The summed E-state index contributed by atoms with van der Waals surface area (Å²) in [5, 5.41) is 2.77. The van der Waals surface area contributed by atoms with E-state index in [0.29, 0.717) is 5.75 Å². The molecule has 0 saturated heterocycles. The SMILES string of the molecule is Cc1cc(OCC(=O)NC(C)C)ccc1Br. The molecule has 1 rings (SSSR count). The molecule has 1 amide bonds. The van der Waals surface area contributed by atoms with Crippen molar-refractivity contribution in [2.75, 3.05) is 6.61 Å². The summed E-state index contributed by atoms with van der Waals surface area (Å²) in [5.41, 5.74) is 1.08. The molecule has 0 saturated carbocycles. The summed E-state index contributed by atoms with van der Waals surface area (Å²) in [6.45, 7) is 5.87. The number of ether oxygens (including phenoxy) is 1. The van der Waals surface area contributed by atoms with Gasteiger partial charge in [0.05, 0.1) is 0 Å². The molecule has 0 aromatic heterocycles. The Kier molecular flexibility index (Phi) is 4.80. The molecule has 0 heterocycles. The highest BCUT2D eigenvalue weighted by atomic mass is 79.9. The smallest absolute Gasteiger partial charge is 0.258 e. The molecule has 0 fully saturated rings. The van der Waals surface area contributed by atoms with Gasteiger partial charge in [-0.25, -0.2) is 0 Å². The lowest BCUT2D eigenvalue weighted by Crippen LogP contribution is -2.34. The first-order valence-electron chi connectivity index (χ1n) is 5.17. The summed E-state index contributed by atoms with van der Waals surface area (Å²) >= 11 is 3.41. The predicted molar refractivity (Wildman–Crippen MR) is 67.7 cm³/mol. The number of carbonyl (C=O) groups is 1. The fourth-order valence-corrected chi connectivity index (χ4v) is 1.47. The lowest BCUT2D eigenvalue weighted by atomic mass is 10.2. The first-order chi connectivity index (χ1) is 7.49. The van der Waals surface area contributed by atoms with Crippen LogP contribution in [0, 0.1) is 6.92 Å². The minimum atomic E-state index is -0.101. The molecule has 0 aliphatic rings. The normalized spacial score (nSPS) is 10.3. The fourth-order valence-electron chi connectivity index (χ4n) is 1.22. The second-order valence-electron chi connectivity index (χ2n) is 3.92. The third-order valence-electron chi connectivity index (χ3n) is 1.95. The van der Waals surface area contributed by atoms with Crippen molar-refractivity contribution in [2.24, 2.45) is 0 Å². The zero-order valence-electron chi connectivity index (χ0n) is 9.71. The molecular weight excluding hydrogens is 270 g/mol. The zero-order valence-corrected chi connectivity index (χ0v) is 11.3. The number of rotatable bonds is 4. The Morgan fingerprint density at radius 2 is 2.19 bits per heavy atom. The van der Waals surface area contributed by atoms with Gasteiger partial charge < -0.3 is 10.1 Å². The molecule has 3 nitrogen and oxygen atoms in total. The van der Waals surface area contributed by atoms with E-state index in [1.54, 1.807) is 0 Å². The van der Waals surface area contributed by atoms with Gasteiger partial charge in [0.1, 0.15) is 5.75 Å². The third kappa shape index (κ3) is 4.23. The van der Waals surface area contributed by atoms with Gasteiger partial charge in [0, 0.05) is 10.5 Å². The highest BCUT2D eigenvalue weighted by Crippen LogP contribution is 2.21. The molecule has 4 heteroatoms. The number of benzene rings is 1. The first kappa shape index (κ1) is 13.0. The Balaban J connectivity index is 2.48. The molecular formula is C12H16BrNO2. The van der Waals surface area contributed by atoms with E-state index in [0.717, 1.165) is 10.0 Å². The quantitative estimate of drug-likeness (QED) is 0.924. The topological polar surface area (TPSA) is 38.3 Å². The average Bonchev–Trinajstić information content (AvgIpc) is 2.19. The molecule has 0 bridgehead atoms. The Morgan fingerprint density at radius 3 is 2.75 bits per heavy atom. The largest absolute Gasteiger partial charge is 0.484 e. The summed E-state index contributed by atoms with van der Waals surface area (Å²) in [6.07, 6.45) is 0. The summed E-state index contributed by atoms with van der Waals surface area (Å²) in [5.74, 6) is 0.607. The molecule has 16 heavy (non-hydrogen) atoms. The third-order valence-corrected chi connectivity index (χ3v) is 2.84. The summed E-state index contributed by atoms with van der Waals surface area (Å²) < 4.78 is 6.41. The van der Waals surface area contributed by atoms with Crippen LogP contribution < -0.4 is 10.1 Å². The van der Waals surface area contributed by atoms with Gasteiger partial charge in [-0.05, 0) is 44.5 Å². The predicted octanol–water partition coefficient (Wildman–Crippen LogP) is 2.66. The van der Waals surface area contributed by atoms with Crippen LogP contribution in [0.25, 0.3) is 0 Å². The standard InChI is InChI=1S/C12H16BrNO2/c1-8(2)14-12(15)7-16-10-4-5-11(13)9(3)6-10/h4-6,8H,7H2,1-3H3,(H,14,15). The van der Waals surface area contributed by atoms with Crippen molar-refractivity contribution in [3.05, 3.63) is 28.2 Å². The van der Waals surface area contributed by atoms with Crippen LogP contribution in [-0.2, 0) is 4.79 Å². The molecule has 0 atom stereocenters. The number of halogens is 1. The van der Waals surface area contributed by atoms with E-state index in [1.807, 2.05) is 39.0 Å². The monoisotopic (exact) mass is 285 g/mol. The van der Waals surface area contributed by atoms with Crippen LogP contribution in [0.15, 0.2) is 22.7 Å². The molecule has 88 valence electrons. The lowest BCUT2D eigenvalue weighted by molar-refractivity contribution is -0.123. The van der Waals surface area contributed by atoms with E-state index in [9.17, 15) is 4.79 Å². The Labute approximate surface area is 104 Å². The van der Waals surface area contributed by atoms with Gasteiger partial charge >= 0.3 is 0 Å². The van der Waals surface area contributed by atoms with Gasteiger partial charge in [-0.1, -0.05) is 15.9 Å². The Hall–Kier alpha value is -1.03. The average molecular weight is 286 g/mol. The molecule has 1 aromatic carbocycles. The van der Waals surface area contributed by atoms with E-state index in [4.69, 9.17) is 4.74 Å². The fraction of sp³-hybridized carbons (Fsp3) is 0.417. The number of hydrogen-bond donors (Lipinski definition) is 1. The molecule has 0 aliphatic carbocycles. The van der Waals surface area contributed by atoms with Crippen LogP contribution in [0.2, 0.25) is 0 Å². The van der Waals surface area contributed by atoms with Crippen molar-refractivity contribution < 1.29 is 9.53 Å². The minimum Gasteiger partial charge on any atom is -0.484 e. The van der Waals surface area contributed by atoms with Crippen molar-refractivity contribution >= 4 is 21.8 Å².